The average Bonchev–Trinajstić information content (AvgIpc) is 3.10. The summed E-state index contributed by atoms with van der Waals surface area (Å²) >= 11 is 0. The zero-order chi connectivity index (χ0) is 24.0. The summed E-state index contributed by atoms with van der Waals surface area (Å²) in [5.41, 5.74) is 2.55. The Kier molecular flexibility index (Phi) is 5.40. The van der Waals surface area contributed by atoms with Crippen LogP contribution in [0.25, 0.3) is 5.76 Å². The van der Waals surface area contributed by atoms with Crippen LogP contribution < -0.4 is 9.64 Å². The maximum Gasteiger partial charge on any atom is 0.300 e. The molecule has 0 bridgehead atoms. The molecule has 0 radical (unpaired) electrons. The number of carbonyl (C=O) groups is 2. The highest BCUT2D eigenvalue weighted by Crippen LogP contribution is 2.43. The summed E-state index contributed by atoms with van der Waals surface area (Å²) < 4.78 is 33.3. The van der Waals surface area contributed by atoms with Crippen molar-refractivity contribution < 1.29 is 28.2 Å². The summed E-state index contributed by atoms with van der Waals surface area (Å²) in [6.07, 6.45) is 1.60. The number of ether oxygens (including phenoxy) is 1. The molecule has 2 heterocycles. The van der Waals surface area contributed by atoms with Gasteiger partial charge in [-0.15, -0.1) is 0 Å². The van der Waals surface area contributed by atoms with Gasteiger partial charge in [-0.3, -0.25) is 14.5 Å². The van der Waals surface area contributed by atoms with Crippen LogP contribution >= 0.6 is 0 Å². The topological polar surface area (TPSA) is 66.8 Å². The van der Waals surface area contributed by atoms with E-state index in [-0.39, 0.29) is 17.0 Å². The standard InChI is InChI=1S/C27H21F2NO4/c1-15-5-2-3-7-19(15)24-23(25(31)17-8-11-22-16(13-17)6-4-12-34-22)26(32)27(33)30(24)18-9-10-20(28)21(29)14-18/h2-3,5,7-11,13-14,24,31H,4,6,12H2,1H3/b25-23+. The van der Waals surface area contributed by atoms with Crippen LogP contribution in [-0.4, -0.2) is 23.4 Å². The number of nitrogens with zero attached hydrogens (tertiary/aromatic N) is 1. The first kappa shape index (κ1) is 21.8. The molecule has 0 aliphatic carbocycles. The maximum atomic E-state index is 14.1. The molecule has 0 spiro atoms. The first-order valence-electron chi connectivity index (χ1n) is 10.9. The molecular formula is C27H21F2NO4. The van der Waals surface area contributed by atoms with Crippen LogP contribution in [0.4, 0.5) is 14.5 Å². The van der Waals surface area contributed by atoms with Crippen LogP contribution in [0.3, 0.4) is 0 Å². The zero-order valence-electron chi connectivity index (χ0n) is 18.3. The maximum absolute atomic E-state index is 14.1. The van der Waals surface area contributed by atoms with Crippen LogP contribution in [0.5, 0.6) is 5.75 Å². The predicted molar refractivity (Wildman–Crippen MR) is 123 cm³/mol. The second-order valence-corrected chi connectivity index (χ2v) is 8.40. The minimum Gasteiger partial charge on any atom is -0.507 e. The second kappa shape index (κ2) is 8.41. The van der Waals surface area contributed by atoms with E-state index in [0.717, 1.165) is 46.8 Å². The summed E-state index contributed by atoms with van der Waals surface area (Å²) in [7, 11) is 0. The lowest BCUT2D eigenvalue weighted by atomic mass is 9.91. The van der Waals surface area contributed by atoms with Gasteiger partial charge in [-0.05, 0) is 66.8 Å². The first-order valence-corrected chi connectivity index (χ1v) is 10.9. The average molecular weight is 461 g/mol. The Labute approximate surface area is 194 Å². The first-order chi connectivity index (χ1) is 16.4. The summed E-state index contributed by atoms with van der Waals surface area (Å²) in [4.78, 5) is 27.5. The quantitative estimate of drug-likeness (QED) is 0.330. The van der Waals surface area contributed by atoms with Crippen LogP contribution in [0, 0.1) is 18.6 Å². The number of rotatable bonds is 3. The molecule has 1 atom stereocenters. The molecule has 3 aromatic rings. The third-order valence-electron chi connectivity index (χ3n) is 6.29. The van der Waals surface area contributed by atoms with Crippen molar-refractivity contribution in [1.82, 2.24) is 0 Å². The lowest BCUT2D eigenvalue weighted by molar-refractivity contribution is -0.132. The van der Waals surface area contributed by atoms with Gasteiger partial charge in [0, 0.05) is 17.3 Å². The number of aliphatic hydroxyl groups is 1. The molecule has 0 aromatic heterocycles. The summed E-state index contributed by atoms with van der Waals surface area (Å²) in [6, 6.07) is 14.3. The van der Waals surface area contributed by atoms with E-state index in [0.29, 0.717) is 17.7 Å². The van der Waals surface area contributed by atoms with E-state index in [4.69, 9.17) is 4.74 Å². The van der Waals surface area contributed by atoms with Crippen molar-refractivity contribution in [2.75, 3.05) is 11.5 Å². The minimum atomic E-state index is -1.14. The van der Waals surface area contributed by atoms with Crippen molar-refractivity contribution in [2.24, 2.45) is 0 Å². The Balaban J connectivity index is 1.72. The number of aliphatic hydroxyl groups excluding tert-OH is 1. The Morgan fingerprint density at radius 3 is 2.59 bits per heavy atom. The number of carbonyl (C=O) groups excluding carboxylic acids is 2. The Hall–Kier alpha value is -4.00. The molecule has 5 rings (SSSR count). The van der Waals surface area contributed by atoms with Crippen molar-refractivity contribution in [3.05, 3.63) is 100 Å². The normalized spacial score (nSPS) is 19.1. The monoisotopic (exact) mass is 461 g/mol. The molecule has 1 saturated heterocycles. The van der Waals surface area contributed by atoms with Crippen molar-refractivity contribution in [3.63, 3.8) is 0 Å². The molecule has 1 amide bonds. The van der Waals surface area contributed by atoms with Crippen LogP contribution in [0.2, 0.25) is 0 Å². The van der Waals surface area contributed by atoms with E-state index < -0.39 is 29.4 Å². The molecule has 1 fully saturated rings. The molecule has 1 unspecified atom stereocenters. The molecule has 2 aliphatic heterocycles. The number of hydrogen-bond donors (Lipinski definition) is 1. The van der Waals surface area contributed by atoms with Crippen molar-refractivity contribution in [3.8, 4) is 5.75 Å². The van der Waals surface area contributed by atoms with Gasteiger partial charge < -0.3 is 9.84 Å². The highest BCUT2D eigenvalue weighted by atomic mass is 19.2. The van der Waals surface area contributed by atoms with Gasteiger partial charge >= 0.3 is 0 Å². The fourth-order valence-electron chi connectivity index (χ4n) is 4.58. The van der Waals surface area contributed by atoms with Gasteiger partial charge in [0.2, 0.25) is 0 Å². The van der Waals surface area contributed by atoms with Crippen LogP contribution in [0.1, 0.15) is 34.7 Å². The van der Waals surface area contributed by atoms with E-state index >= 15 is 0 Å². The summed E-state index contributed by atoms with van der Waals surface area (Å²) in [6.45, 7) is 2.43. The van der Waals surface area contributed by atoms with Gasteiger partial charge in [0.05, 0.1) is 18.2 Å². The minimum absolute atomic E-state index is 0.0205. The molecular weight excluding hydrogens is 440 g/mol. The lowest BCUT2D eigenvalue weighted by Crippen LogP contribution is -2.30. The fraction of sp³-hybridized carbons (Fsp3) is 0.185. The van der Waals surface area contributed by atoms with Gasteiger partial charge in [0.1, 0.15) is 11.5 Å². The number of anilines is 1. The fourth-order valence-corrected chi connectivity index (χ4v) is 4.58. The number of amides is 1. The second-order valence-electron chi connectivity index (χ2n) is 8.40. The van der Waals surface area contributed by atoms with Gasteiger partial charge in [0.25, 0.3) is 11.7 Å². The van der Waals surface area contributed by atoms with Gasteiger partial charge in [-0.25, -0.2) is 8.78 Å². The van der Waals surface area contributed by atoms with Gasteiger partial charge in [-0.1, -0.05) is 24.3 Å². The van der Waals surface area contributed by atoms with E-state index in [1.807, 2.05) is 19.1 Å². The molecule has 5 nitrogen and oxygen atoms in total. The van der Waals surface area contributed by atoms with Crippen molar-refractivity contribution in [1.29, 1.82) is 0 Å². The van der Waals surface area contributed by atoms with Crippen LogP contribution in [0.15, 0.2) is 66.2 Å². The number of ketones is 1. The van der Waals surface area contributed by atoms with E-state index in [9.17, 15) is 23.5 Å². The predicted octanol–water partition coefficient (Wildman–Crippen LogP) is 5.22. The number of aryl methyl sites for hydroxylation is 2. The number of halogens is 2. The van der Waals surface area contributed by atoms with Crippen LogP contribution in [-0.2, 0) is 16.0 Å². The highest BCUT2D eigenvalue weighted by Gasteiger charge is 2.47. The Morgan fingerprint density at radius 2 is 1.82 bits per heavy atom. The third-order valence-corrected chi connectivity index (χ3v) is 6.29. The molecule has 0 saturated carbocycles. The van der Waals surface area contributed by atoms with E-state index in [2.05, 4.69) is 0 Å². The van der Waals surface area contributed by atoms with E-state index in [1.165, 1.54) is 6.07 Å². The zero-order valence-corrected chi connectivity index (χ0v) is 18.3. The third kappa shape index (κ3) is 3.53. The summed E-state index contributed by atoms with van der Waals surface area (Å²) in [5.74, 6) is -3.64. The largest absolute Gasteiger partial charge is 0.507 e. The molecule has 3 aromatic carbocycles. The van der Waals surface area contributed by atoms with Gasteiger partial charge in [0.15, 0.2) is 11.6 Å². The molecule has 1 N–H and O–H groups in total. The molecule has 7 heteroatoms. The Bertz CT molecular complexity index is 1360. The number of Topliss-reactive ketones (excluding diaryl/α,β-unsaturated/α-hetero) is 1. The molecule has 2 aliphatic rings. The number of fused-ring (bicyclic) bond motifs is 1. The molecule has 172 valence electrons. The molecule has 34 heavy (non-hydrogen) atoms. The SMILES string of the molecule is Cc1ccccc1C1/C(=C(\O)c2ccc3c(c2)CCCO3)C(=O)C(=O)N1c1ccc(F)c(F)c1. The smallest absolute Gasteiger partial charge is 0.300 e. The Morgan fingerprint density at radius 1 is 1.03 bits per heavy atom. The lowest BCUT2D eigenvalue weighted by Gasteiger charge is -2.27. The van der Waals surface area contributed by atoms with Gasteiger partial charge in [-0.2, -0.15) is 0 Å². The highest BCUT2D eigenvalue weighted by molar-refractivity contribution is 6.51. The number of benzene rings is 3. The van der Waals surface area contributed by atoms with Crippen molar-refractivity contribution >= 4 is 23.1 Å². The number of hydrogen-bond acceptors (Lipinski definition) is 4. The van der Waals surface area contributed by atoms with Crippen molar-refractivity contribution in [2.45, 2.75) is 25.8 Å². The van der Waals surface area contributed by atoms with E-state index in [1.54, 1.807) is 30.3 Å². The summed E-state index contributed by atoms with van der Waals surface area (Å²) in [5, 5.41) is 11.3.